The van der Waals surface area contributed by atoms with Crippen molar-refractivity contribution in [3.05, 3.63) is 23.3 Å². The van der Waals surface area contributed by atoms with E-state index >= 15 is 0 Å². The molecule has 0 bridgehead atoms. The number of phenols is 1. The minimum atomic E-state index is -0.0895. The van der Waals surface area contributed by atoms with Crippen LogP contribution < -0.4 is 5.32 Å². The fourth-order valence-electron chi connectivity index (χ4n) is 2.15. The van der Waals surface area contributed by atoms with Crippen LogP contribution in [0.3, 0.4) is 0 Å². The van der Waals surface area contributed by atoms with Gasteiger partial charge in [0.1, 0.15) is 5.75 Å². The molecule has 1 aliphatic rings. The van der Waals surface area contributed by atoms with E-state index in [0.29, 0.717) is 0 Å². The van der Waals surface area contributed by atoms with Gasteiger partial charge in [0.2, 0.25) is 5.91 Å². The van der Waals surface area contributed by atoms with Crippen LogP contribution in [0.25, 0.3) is 0 Å². The molecule has 0 saturated heterocycles. The maximum absolute atomic E-state index is 11.0. The first-order valence-corrected chi connectivity index (χ1v) is 5.29. The zero-order valence-corrected chi connectivity index (χ0v) is 8.84. The summed E-state index contributed by atoms with van der Waals surface area (Å²) in [4.78, 5) is 11.0. The molecular weight excluding hydrogens is 190 g/mol. The van der Waals surface area contributed by atoms with Gasteiger partial charge in [0.25, 0.3) is 0 Å². The molecular formula is C12H15NO2. The van der Waals surface area contributed by atoms with E-state index in [-0.39, 0.29) is 11.7 Å². The van der Waals surface area contributed by atoms with Crippen LogP contribution in [0.15, 0.2) is 12.1 Å². The number of aromatic hydroxyl groups is 1. The average Bonchev–Trinajstić information content (AvgIpc) is 2.16. The number of anilines is 1. The molecule has 0 atom stereocenters. The number of amides is 1. The topological polar surface area (TPSA) is 49.3 Å². The number of aryl methyl sites for hydroxylation is 1. The van der Waals surface area contributed by atoms with E-state index in [1.807, 2.05) is 0 Å². The molecule has 1 aromatic rings. The third-order valence-electron chi connectivity index (χ3n) is 2.76. The second-order valence-electron chi connectivity index (χ2n) is 4.02. The molecule has 0 heterocycles. The van der Waals surface area contributed by atoms with Crippen molar-refractivity contribution >= 4 is 11.6 Å². The summed E-state index contributed by atoms with van der Waals surface area (Å²) in [5.74, 6) is 0.146. The Bertz CT molecular complexity index is 399. The second-order valence-corrected chi connectivity index (χ2v) is 4.02. The van der Waals surface area contributed by atoms with Crippen LogP contribution in [0.1, 0.15) is 30.9 Å². The minimum absolute atomic E-state index is 0.0895. The number of hydrogen-bond donors (Lipinski definition) is 2. The first-order chi connectivity index (χ1) is 7.16. The van der Waals surface area contributed by atoms with Crippen molar-refractivity contribution in [1.82, 2.24) is 0 Å². The summed E-state index contributed by atoms with van der Waals surface area (Å²) in [7, 11) is 0. The van der Waals surface area contributed by atoms with Gasteiger partial charge in [-0.2, -0.15) is 0 Å². The molecule has 0 saturated carbocycles. The summed E-state index contributed by atoms with van der Waals surface area (Å²) in [6, 6.07) is 3.44. The first-order valence-electron chi connectivity index (χ1n) is 5.29. The molecule has 0 aliphatic heterocycles. The molecule has 80 valence electrons. The van der Waals surface area contributed by atoms with Crippen molar-refractivity contribution in [3.63, 3.8) is 0 Å². The molecule has 0 unspecified atom stereocenters. The van der Waals surface area contributed by atoms with Crippen LogP contribution in [0, 0.1) is 0 Å². The highest BCUT2D eigenvalue weighted by Crippen LogP contribution is 2.31. The van der Waals surface area contributed by atoms with E-state index < -0.39 is 0 Å². The number of carbonyl (C=O) groups excluding carboxylic acids is 1. The molecule has 3 nitrogen and oxygen atoms in total. The van der Waals surface area contributed by atoms with Crippen LogP contribution in [-0.2, 0) is 17.6 Å². The molecule has 0 spiro atoms. The van der Waals surface area contributed by atoms with Crippen molar-refractivity contribution in [1.29, 1.82) is 0 Å². The van der Waals surface area contributed by atoms with E-state index in [1.165, 1.54) is 18.1 Å². The Labute approximate surface area is 89.1 Å². The average molecular weight is 205 g/mol. The van der Waals surface area contributed by atoms with Crippen LogP contribution >= 0.6 is 0 Å². The molecule has 2 rings (SSSR count). The normalized spacial score (nSPS) is 14.5. The molecule has 1 amide bonds. The number of fused-ring (bicyclic) bond motifs is 1. The lowest BCUT2D eigenvalue weighted by atomic mass is 9.90. The van der Waals surface area contributed by atoms with Crippen molar-refractivity contribution in [2.24, 2.45) is 0 Å². The van der Waals surface area contributed by atoms with Crippen LogP contribution in [0.2, 0.25) is 0 Å². The quantitative estimate of drug-likeness (QED) is 0.738. The summed E-state index contributed by atoms with van der Waals surface area (Å²) >= 11 is 0. The predicted octanol–water partition coefficient (Wildman–Crippen LogP) is 2.23. The third kappa shape index (κ3) is 2.12. The minimum Gasteiger partial charge on any atom is -0.508 e. The fourth-order valence-corrected chi connectivity index (χ4v) is 2.15. The first kappa shape index (κ1) is 10.0. The van der Waals surface area contributed by atoms with Gasteiger partial charge in [-0.3, -0.25) is 4.79 Å². The highest BCUT2D eigenvalue weighted by Gasteiger charge is 2.15. The smallest absolute Gasteiger partial charge is 0.221 e. The summed E-state index contributed by atoms with van der Waals surface area (Å²) in [5.41, 5.74) is 3.14. The fraction of sp³-hybridized carbons (Fsp3) is 0.417. The van der Waals surface area contributed by atoms with E-state index in [0.717, 1.165) is 31.4 Å². The molecule has 1 aliphatic carbocycles. The number of rotatable bonds is 1. The van der Waals surface area contributed by atoms with Crippen molar-refractivity contribution < 1.29 is 9.90 Å². The maximum atomic E-state index is 11.0. The summed E-state index contributed by atoms with van der Waals surface area (Å²) in [6.07, 6.45) is 4.31. The van der Waals surface area contributed by atoms with E-state index in [4.69, 9.17) is 0 Å². The SMILES string of the molecule is CC(=O)Nc1cc(O)cc2c1CCCC2. The number of benzene rings is 1. The lowest BCUT2D eigenvalue weighted by Crippen LogP contribution is -2.12. The molecule has 3 heteroatoms. The standard InChI is InChI=1S/C12H15NO2/c1-8(14)13-12-7-10(15)6-9-4-2-3-5-11(9)12/h6-7,15H,2-5H2,1H3,(H,13,14). The zero-order valence-electron chi connectivity index (χ0n) is 8.84. The van der Waals surface area contributed by atoms with Crippen molar-refractivity contribution in [2.75, 3.05) is 5.32 Å². The van der Waals surface area contributed by atoms with Gasteiger partial charge < -0.3 is 10.4 Å². The monoisotopic (exact) mass is 205 g/mol. The van der Waals surface area contributed by atoms with Gasteiger partial charge in [-0.25, -0.2) is 0 Å². The number of hydrogen-bond acceptors (Lipinski definition) is 2. The Morgan fingerprint density at radius 2 is 2.07 bits per heavy atom. The van der Waals surface area contributed by atoms with Crippen molar-refractivity contribution in [2.45, 2.75) is 32.6 Å². The maximum Gasteiger partial charge on any atom is 0.221 e. The van der Waals surface area contributed by atoms with E-state index in [9.17, 15) is 9.90 Å². The number of carbonyl (C=O) groups is 1. The second kappa shape index (κ2) is 3.93. The Kier molecular flexibility index (Phi) is 2.62. The summed E-state index contributed by atoms with van der Waals surface area (Å²) in [6.45, 7) is 1.49. The van der Waals surface area contributed by atoms with Gasteiger partial charge in [-0.15, -0.1) is 0 Å². The van der Waals surface area contributed by atoms with Gasteiger partial charge in [-0.1, -0.05) is 0 Å². The number of phenolic OH excluding ortho intramolecular Hbond substituents is 1. The van der Waals surface area contributed by atoms with Crippen LogP contribution in [-0.4, -0.2) is 11.0 Å². The highest BCUT2D eigenvalue weighted by molar-refractivity contribution is 5.90. The van der Waals surface area contributed by atoms with Crippen LogP contribution in [0.5, 0.6) is 5.75 Å². The number of nitrogens with one attached hydrogen (secondary N) is 1. The molecule has 0 fully saturated rings. The lowest BCUT2D eigenvalue weighted by molar-refractivity contribution is -0.114. The summed E-state index contributed by atoms with van der Waals surface area (Å²) in [5, 5.41) is 12.3. The Hall–Kier alpha value is -1.51. The van der Waals surface area contributed by atoms with Crippen molar-refractivity contribution in [3.8, 4) is 5.75 Å². The molecule has 0 radical (unpaired) electrons. The molecule has 1 aromatic carbocycles. The van der Waals surface area contributed by atoms with Gasteiger partial charge in [0.15, 0.2) is 0 Å². The van der Waals surface area contributed by atoms with Gasteiger partial charge in [0, 0.05) is 18.7 Å². The van der Waals surface area contributed by atoms with Crippen LogP contribution in [0.4, 0.5) is 5.69 Å². The molecule has 0 aromatic heterocycles. The highest BCUT2D eigenvalue weighted by atomic mass is 16.3. The Morgan fingerprint density at radius 3 is 2.80 bits per heavy atom. The van der Waals surface area contributed by atoms with Gasteiger partial charge in [0.05, 0.1) is 0 Å². The summed E-state index contributed by atoms with van der Waals surface area (Å²) < 4.78 is 0. The van der Waals surface area contributed by atoms with Gasteiger partial charge >= 0.3 is 0 Å². The lowest BCUT2D eigenvalue weighted by Gasteiger charge is -2.19. The Balaban J connectivity index is 2.43. The van der Waals surface area contributed by atoms with E-state index in [2.05, 4.69) is 5.32 Å². The zero-order chi connectivity index (χ0) is 10.8. The predicted molar refractivity (Wildman–Crippen MR) is 59.1 cm³/mol. The van der Waals surface area contributed by atoms with Gasteiger partial charge in [-0.05, 0) is 42.9 Å². The van der Waals surface area contributed by atoms with E-state index in [1.54, 1.807) is 12.1 Å². The molecule has 2 N–H and O–H groups in total. The Morgan fingerprint density at radius 1 is 1.33 bits per heavy atom. The largest absolute Gasteiger partial charge is 0.508 e. The molecule has 15 heavy (non-hydrogen) atoms. The third-order valence-corrected chi connectivity index (χ3v) is 2.76.